The van der Waals surface area contributed by atoms with E-state index in [1.807, 2.05) is 49.7 Å². The van der Waals surface area contributed by atoms with Gasteiger partial charge in [0.15, 0.2) is 0 Å². The summed E-state index contributed by atoms with van der Waals surface area (Å²) in [6.07, 6.45) is 0. The van der Waals surface area contributed by atoms with E-state index in [9.17, 15) is 4.79 Å². The van der Waals surface area contributed by atoms with Crippen LogP contribution >= 0.6 is 0 Å². The molecule has 2 aromatic heterocycles. The van der Waals surface area contributed by atoms with E-state index >= 15 is 0 Å². The maximum atomic E-state index is 12.9. The fourth-order valence-corrected chi connectivity index (χ4v) is 4.23. The Morgan fingerprint density at radius 2 is 1.77 bits per heavy atom. The van der Waals surface area contributed by atoms with Crippen molar-refractivity contribution in [2.24, 2.45) is 0 Å². The van der Waals surface area contributed by atoms with E-state index in [4.69, 9.17) is 0 Å². The molecule has 0 saturated heterocycles. The van der Waals surface area contributed by atoms with Crippen molar-refractivity contribution in [3.63, 3.8) is 0 Å². The van der Waals surface area contributed by atoms with Gasteiger partial charge in [-0.1, -0.05) is 30.3 Å². The SMILES string of the molecule is Cc1cc(C)n(C[C@@H](C)NC(=O)c2ccc3c(c2)c(C)c(C)n3Cc2ccccc2)n1. The van der Waals surface area contributed by atoms with E-state index in [0.29, 0.717) is 12.1 Å². The third-order valence-corrected chi connectivity index (χ3v) is 6.01. The molecule has 0 saturated carbocycles. The van der Waals surface area contributed by atoms with Crippen LogP contribution in [0.4, 0.5) is 0 Å². The number of benzene rings is 2. The molecule has 1 N–H and O–H groups in total. The number of fused-ring (bicyclic) bond motifs is 1. The van der Waals surface area contributed by atoms with Gasteiger partial charge in [0.25, 0.3) is 5.91 Å². The summed E-state index contributed by atoms with van der Waals surface area (Å²) in [4.78, 5) is 12.9. The highest BCUT2D eigenvalue weighted by Gasteiger charge is 2.16. The van der Waals surface area contributed by atoms with Crippen LogP contribution in [0, 0.1) is 27.7 Å². The number of carbonyl (C=O) groups is 1. The number of amides is 1. The van der Waals surface area contributed by atoms with Gasteiger partial charge in [0.2, 0.25) is 0 Å². The minimum atomic E-state index is -0.0520. The Labute approximate surface area is 183 Å². The molecule has 4 aromatic rings. The fourth-order valence-electron chi connectivity index (χ4n) is 4.23. The van der Waals surface area contributed by atoms with Crippen molar-refractivity contribution >= 4 is 16.8 Å². The molecule has 160 valence electrons. The first-order chi connectivity index (χ1) is 14.8. The summed E-state index contributed by atoms with van der Waals surface area (Å²) >= 11 is 0. The minimum Gasteiger partial charge on any atom is -0.348 e. The van der Waals surface area contributed by atoms with E-state index in [1.54, 1.807) is 0 Å². The van der Waals surface area contributed by atoms with E-state index < -0.39 is 0 Å². The van der Waals surface area contributed by atoms with Gasteiger partial charge in [-0.3, -0.25) is 9.48 Å². The van der Waals surface area contributed by atoms with E-state index in [1.165, 1.54) is 16.8 Å². The molecule has 4 rings (SSSR count). The summed E-state index contributed by atoms with van der Waals surface area (Å²) in [6.45, 7) is 11.8. The number of hydrogen-bond donors (Lipinski definition) is 1. The van der Waals surface area contributed by atoms with E-state index in [-0.39, 0.29) is 11.9 Å². The molecule has 5 nitrogen and oxygen atoms in total. The molecule has 1 atom stereocenters. The van der Waals surface area contributed by atoms with Crippen LogP contribution in [0.25, 0.3) is 10.9 Å². The molecule has 5 heteroatoms. The molecule has 0 aliphatic rings. The molecule has 0 spiro atoms. The average Bonchev–Trinajstić information content (AvgIpc) is 3.18. The van der Waals surface area contributed by atoms with E-state index in [0.717, 1.165) is 28.8 Å². The average molecular weight is 415 g/mol. The summed E-state index contributed by atoms with van der Waals surface area (Å²) in [5.74, 6) is -0.0520. The Balaban J connectivity index is 1.55. The number of nitrogens with one attached hydrogen (secondary N) is 1. The molecule has 2 heterocycles. The van der Waals surface area contributed by atoms with Crippen molar-refractivity contribution in [1.82, 2.24) is 19.7 Å². The molecule has 0 bridgehead atoms. The lowest BCUT2D eigenvalue weighted by Gasteiger charge is -2.15. The molecule has 1 amide bonds. The fraction of sp³-hybridized carbons (Fsp3) is 0.308. The highest BCUT2D eigenvalue weighted by atomic mass is 16.1. The smallest absolute Gasteiger partial charge is 0.251 e. The second kappa shape index (κ2) is 8.42. The topological polar surface area (TPSA) is 51.9 Å². The third kappa shape index (κ3) is 4.26. The third-order valence-electron chi connectivity index (χ3n) is 6.01. The first kappa shape index (κ1) is 20.9. The molecule has 0 aliphatic carbocycles. The van der Waals surface area contributed by atoms with Gasteiger partial charge < -0.3 is 9.88 Å². The number of aryl methyl sites for hydroxylation is 3. The Kier molecular flexibility index (Phi) is 5.68. The monoisotopic (exact) mass is 414 g/mol. The van der Waals surface area contributed by atoms with Crippen LogP contribution in [0.2, 0.25) is 0 Å². The number of rotatable bonds is 6. The standard InChI is InChI=1S/C26H30N4O/c1-17-13-19(3)30(28-17)15-18(2)27-26(31)23-11-12-25-24(14-23)20(4)21(5)29(25)16-22-9-7-6-8-10-22/h6-14,18H,15-16H2,1-5H3,(H,27,31)/t18-/m1/s1. The number of carbonyl (C=O) groups excluding carboxylic acids is 1. The van der Waals surface area contributed by atoms with Gasteiger partial charge in [-0.2, -0.15) is 5.10 Å². The second-order valence-corrected chi connectivity index (χ2v) is 8.50. The predicted molar refractivity (Wildman–Crippen MR) is 126 cm³/mol. The molecular formula is C26H30N4O. The van der Waals surface area contributed by atoms with Crippen molar-refractivity contribution < 1.29 is 4.79 Å². The van der Waals surface area contributed by atoms with Gasteiger partial charge in [0, 0.05) is 40.4 Å². The van der Waals surface area contributed by atoms with Gasteiger partial charge in [0.05, 0.1) is 12.2 Å². The Morgan fingerprint density at radius 1 is 1.03 bits per heavy atom. The molecule has 0 radical (unpaired) electrons. The van der Waals surface area contributed by atoms with Gasteiger partial charge >= 0.3 is 0 Å². The molecule has 31 heavy (non-hydrogen) atoms. The zero-order chi connectivity index (χ0) is 22.1. The largest absolute Gasteiger partial charge is 0.348 e. The first-order valence-electron chi connectivity index (χ1n) is 10.8. The maximum Gasteiger partial charge on any atom is 0.251 e. The van der Waals surface area contributed by atoms with Crippen LogP contribution < -0.4 is 5.32 Å². The zero-order valence-corrected chi connectivity index (χ0v) is 18.9. The molecule has 0 aliphatic heterocycles. The second-order valence-electron chi connectivity index (χ2n) is 8.50. The van der Waals surface area contributed by atoms with Gasteiger partial charge in [-0.05, 0) is 70.0 Å². The first-order valence-corrected chi connectivity index (χ1v) is 10.8. The van der Waals surface area contributed by atoms with Crippen LogP contribution in [-0.4, -0.2) is 26.3 Å². The van der Waals surface area contributed by atoms with Crippen LogP contribution in [0.3, 0.4) is 0 Å². The van der Waals surface area contributed by atoms with Gasteiger partial charge in [0.1, 0.15) is 0 Å². The molecule has 2 aromatic carbocycles. The van der Waals surface area contributed by atoms with Crippen LogP contribution in [0.1, 0.15) is 45.5 Å². The van der Waals surface area contributed by atoms with Crippen LogP contribution in [0.15, 0.2) is 54.6 Å². The van der Waals surface area contributed by atoms with Crippen molar-refractivity contribution in [3.05, 3.63) is 88.4 Å². The predicted octanol–water partition coefficient (Wildman–Crippen LogP) is 4.94. The number of nitrogens with zero attached hydrogens (tertiary/aromatic N) is 3. The Hall–Kier alpha value is -3.34. The summed E-state index contributed by atoms with van der Waals surface area (Å²) in [5.41, 5.74) is 7.66. The molecule has 0 fully saturated rings. The van der Waals surface area contributed by atoms with Crippen LogP contribution in [-0.2, 0) is 13.1 Å². The van der Waals surface area contributed by atoms with Crippen molar-refractivity contribution in [2.45, 2.75) is 53.8 Å². The lowest BCUT2D eigenvalue weighted by molar-refractivity contribution is 0.0936. The van der Waals surface area contributed by atoms with Gasteiger partial charge in [-0.15, -0.1) is 0 Å². The lowest BCUT2D eigenvalue weighted by atomic mass is 10.1. The van der Waals surface area contributed by atoms with E-state index in [2.05, 4.69) is 59.2 Å². The number of aromatic nitrogens is 3. The Bertz CT molecular complexity index is 1230. The van der Waals surface area contributed by atoms with Crippen molar-refractivity contribution in [1.29, 1.82) is 0 Å². The quantitative estimate of drug-likeness (QED) is 0.486. The Morgan fingerprint density at radius 3 is 2.45 bits per heavy atom. The highest BCUT2D eigenvalue weighted by Crippen LogP contribution is 2.27. The molecular weight excluding hydrogens is 384 g/mol. The zero-order valence-electron chi connectivity index (χ0n) is 18.9. The normalized spacial score (nSPS) is 12.3. The summed E-state index contributed by atoms with van der Waals surface area (Å²) in [7, 11) is 0. The lowest BCUT2D eigenvalue weighted by Crippen LogP contribution is -2.36. The van der Waals surface area contributed by atoms with Crippen molar-refractivity contribution in [2.75, 3.05) is 0 Å². The number of hydrogen-bond acceptors (Lipinski definition) is 2. The van der Waals surface area contributed by atoms with Crippen molar-refractivity contribution in [3.8, 4) is 0 Å². The highest BCUT2D eigenvalue weighted by molar-refractivity contribution is 5.99. The summed E-state index contributed by atoms with van der Waals surface area (Å²) < 4.78 is 4.27. The summed E-state index contributed by atoms with van der Waals surface area (Å²) in [5, 5.41) is 8.74. The minimum absolute atomic E-state index is 0.0216. The van der Waals surface area contributed by atoms with Gasteiger partial charge in [-0.25, -0.2) is 0 Å². The maximum absolute atomic E-state index is 12.9. The van der Waals surface area contributed by atoms with Crippen LogP contribution in [0.5, 0.6) is 0 Å². The summed E-state index contributed by atoms with van der Waals surface area (Å²) in [6, 6.07) is 18.5. The molecule has 0 unspecified atom stereocenters.